The number of imidazole rings is 1. The van der Waals surface area contributed by atoms with Gasteiger partial charge in [0.15, 0.2) is 0 Å². The summed E-state index contributed by atoms with van der Waals surface area (Å²) in [5.41, 5.74) is 3.44. The van der Waals surface area contributed by atoms with Crippen molar-refractivity contribution in [3.63, 3.8) is 0 Å². The fraction of sp³-hybridized carbons (Fsp3) is 0.318. The number of hydrogen-bond donors (Lipinski definition) is 2. The molecule has 7 heteroatoms. The van der Waals surface area contributed by atoms with Crippen LogP contribution in [0.5, 0.6) is 0 Å². The molecule has 0 unspecified atom stereocenters. The molecular formula is C22H27N5O2. The fourth-order valence-corrected chi connectivity index (χ4v) is 3.16. The Morgan fingerprint density at radius 2 is 1.83 bits per heavy atom. The lowest BCUT2D eigenvalue weighted by atomic mass is 10.1. The van der Waals surface area contributed by atoms with Gasteiger partial charge in [0.2, 0.25) is 5.91 Å². The molecular weight excluding hydrogens is 366 g/mol. The Bertz CT molecular complexity index is 928. The van der Waals surface area contributed by atoms with E-state index in [4.69, 9.17) is 0 Å². The largest absolute Gasteiger partial charge is 0.343 e. The molecule has 0 aliphatic carbocycles. The molecule has 0 radical (unpaired) electrons. The molecule has 2 N–H and O–H groups in total. The van der Waals surface area contributed by atoms with Gasteiger partial charge in [0.1, 0.15) is 5.65 Å². The van der Waals surface area contributed by atoms with Crippen molar-refractivity contribution in [3.8, 4) is 0 Å². The number of hydrogen-bond acceptors (Lipinski definition) is 3. The Hall–Kier alpha value is -3.35. The first kappa shape index (κ1) is 20.4. The van der Waals surface area contributed by atoms with E-state index in [1.807, 2.05) is 78.0 Å². The first-order valence-corrected chi connectivity index (χ1v) is 9.93. The molecule has 3 amide bonds. The highest BCUT2D eigenvalue weighted by Crippen LogP contribution is 2.11. The van der Waals surface area contributed by atoms with Crippen molar-refractivity contribution in [2.75, 3.05) is 25.0 Å². The molecule has 0 saturated heterocycles. The number of benzene rings is 1. The van der Waals surface area contributed by atoms with Gasteiger partial charge in [0.05, 0.1) is 12.1 Å². The van der Waals surface area contributed by atoms with E-state index >= 15 is 0 Å². The lowest BCUT2D eigenvalue weighted by Gasteiger charge is -2.18. The minimum atomic E-state index is -0.263. The van der Waals surface area contributed by atoms with Gasteiger partial charge in [0.25, 0.3) is 0 Å². The minimum Gasteiger partial charge on any atom is -0.343 e. The molecule has 0 spiro atoms. The van der Waals surface area contributed by atoms with Gasteiger partial charge in [0, 0.05) is 44.1 Å². The van der Waals surface area contributed by atoms with Crippen LogP contribution in [0.25, 0.3) is 5.65 Å². The number of pyridine rings is 1. The Labute approximate surface area is 170 Å². The highest BCUT2D eigenvalue weighted by Gasteiger charge is 2.10. The van der Waals surface area contributed by atoms with Crippen molar-refractivity contribution in [1.82, 2.24) is 19.6 Å². The minimum absolute atomic E-state index is 0.111. The summed E-state index contributed by atoms with van der Waals surface area (Å²) in [7, 11) is 0. The second-order valence-electron chi connectivity index (χ2n) is 6.77. The first-order chi connectivity index (χ1) is 14.1. The average molecular weight is 393 g/mol. The van der Waals surface area contributed by atoms with Crippen LogP contribution in [0.4, 0.5) is 10.5 Å². The second kappa shape index (κ2) is 9.73. The summed E-state index contributed by atoms with van der Waals surface area (Å²) in [6.07, 6.45) is 4.94. The number of nitrogens with zero attached hydrogens (tertiary/aromatic N) is 3. The highest BCUT2D eigenvalue weighted by atomic mass is 16.2. The molecule has 29 heavy (non-hydrogen) atoms. The van der Waals surface area contributed by atoms with Crippen LogP contribution in [-0.4, -0.2) is 45.9 Å². The summed E-state index contributed by atoms with van der Waals surface area (Å²) < 4.78 is 1.96. The number of carbonyl (C=O) groups is 2. The van der Waals surface area contributed by atoms with Crippen molar-refractivity contribution in [3.05, 3.63) is 66.1 Å². The van der Waals surface area contributed by atoms with Crippen LogP contribution in [-0.2, 0) is 17.6 Å². The summed E-state index contributed by atoms with van der Waals surface area (Å²) in [5, 5.41) is 5.65. The first-order valence-electron chi connectivity index (χ1n) is 9.93. The van der Waals surface area contributed by atoms with Crippen LogP contribution in [0, 0.1) is 0 Å². The number of likely N-dealkylation sites (N-methyl/N-ethyl adjacent to an activating group) is 1. The molecule has 3 aromatic rings. The maximum atomic E-state index is 12.2. The third kappa shape index (κ3) is 5.57. The molecule has 0 saturated carbocycles. The third-order valence-corrected chi connectivity index (χ3v) is 4.76. The van der Waals surface area contributed by atoms with Crippen LogP contribution in [0.2, 0.25) is 0 Å². The molecule has 7 nitrogen and oxygen atoms in total. The predicted molar refractivity (Wildman–Crippen MR) is 114 cm³/mol. The van der Waals surface area contributed by atoms with E-state index in [-0.39, 0.29) is 11.9 Å². The van der Waals surface area contributed by atoms with E-state index in [0.717, 1.165) is 16.9 Å². The van der Waals surface area contributed by atoms with Gasteiger partial charge in [-0.05, 0) is 43.7 Å². The van der Waals surface area contributed by atoms with Crippen LogP contribution in [0.3, 0.4) is 0 Å². The summed E-state index contributed by atoms with van der Waals surface area (Å²) >= 11 is 0. The lowest BCUT2D eigenvalue weighted by Crippen LogP contribution is -2.31. The maximum Gasteiger partial charge on any atom is 0.319 e. The van der Waals surface area contributed by atoms with Crippen LogP contribution in [0.1, 0.15) is 25.1 Å². The summed E-state index contributed by atoms with van der Waals surface area (Å²) in [5.74, 6) is 0.111. The maximum absolute atomic E-state index is 12.2. The lowest BCUT2D eigenvalue weighted by molar-refractivity contribution is -0.130. The number of urea groups is 1. The molecule has 3 rings (SSSR count). The summed E-state index contributed by atoms with van der Waals surface area (Å²) in [4.78, 5) is 30.6. The average Bonchev–Trinajstić information content (AvgIpc) is 3.13. The van der Waals surface area contributed by atoms with Gasteiger partial charge in [-0.1, -0.05) is 18.2 Å². The smallest absolute Gasteiger partial charge is 0.319 e. The standard InChI is InChI=1S/C22H27N5O2/c1-3-26(4-2)21(28)15-17-8-10-18(11-9-17)25-22(29)23-13-12-19-16-27-14-6-5-7-20(27)24-19/h5-11,14,16H,3-4,12-13,15H2,1-2H3,(H2,23,25,29). The molecule has 2 heterocycles. The van der Waals surface area contributed by atoms with Crippen LogP contribution >= 0.6 is 0 Å². The van der Waals surface area contributed by atoms with E-state index in [0.29, 0.717) is 38.2 Å². The van der Waals surface area contributed by atoms with Crippen molar-refractivity contribution >= 4 is 23.3 Å². The van der Waals surface area contributed by atoms with E-state index in [1.54, 1.807) is 0 Å². The third-order valence-electron chi connectivity index (χ3n) is 4.76. The van der Waals surface area contributed by atoms with Crippen molar-refractivity contribution in [2.45, 2.75) is 26.7 Å². The molecule has 152 valence electrons. The number of fused-ring (bicyclic) bond motifs is 1. The Morgan fingerprint density at radius 3 is 2.52 bits per heavy atom. The highest BCUT2D eigenvalue weighted by molar-refractivity contribution is 5.89. The summed E-state index contributed by atoms with van der Waals surface area (Å²) in [6, 6.07) is 12.9. The van der Waals surface area contributed by atoms with Gasteiger partial charge >= 0.3 is 6.03 Å². The normalized spacial score (nSPS) is 10.7. The Kier molecular flexibility index (Phi) is 6.84. The van der Waals surface area contributed by atoms with Gasteiger partial charge in [-0.3, -0.25) is 4.79 Å². The fourth-order valence-electron chi connectivity index (χ4n) is 3.16. The molecule has 2 aromatic heterocycles. The molecule has 0 aliphatic rings. The van der Waals surface area contributed by atoms with E-state index in [2.05, 4.69) is 15.6 Å². The van der Waals surface area contributed by atoms with Gasteiger partial charge in [-0.25, -0.2) is 9.78 Å². The Balaban J connectivity index is 1.44. The topological polar surface area (TPSA) is 78.7 Å². The van der Waals surface area contributed by atoms with Crippen LogP contribution in [0.15, 0.2) is 54.9 Å². The predicted octanol–water partition coefficient (Wildman–Crippen LogP) is 3.11. The SMILES string of the molecule is CCN(CC)C(=O)Cc1ccc(NC(=O)NCCc2cn3ccccc3n2)cc1. The van der Waals surface area contributed by atoms with Crippen LogP contribution < -0.4 is 10.6 Å². The molecule has 0 atom stereocenters. The molecule has 0 aliphatic heterocycles. The number of anilines is 1. The number of rotatable bonds is 8. The number of carbonyl (C=O) groups excluding carboxylic acids is 2. The second-order valence-corrected chi connectivity index (χ2v) is 6.77. The quantitative estimate of drug-likeness (QED) is 0.617. The number of amides is 3. The zero-order valence-electron chi connectivity index (χ0n) is 16.9. The molecule has 0 fully saturated rings. The van der Waals surface area contributed by atoms with E-state index < -0.39 is 0 Å². The zero-order valence-corrected chi connectivity index (χ0v) is 16.9. The van der Waals surface area contributed by atoms with Gasteiger partial charge in [-0.2, -0.15) is 0 Å². The Morgan fingerprint density at radius 1 is 1.07 bits per heavy atom. The zero-order chi connectivity index (χ0) is 20.6. The van der Waals surface area contributed by atoms with Gasteiger partial charge in [-0.15, -0.1) is 0 Å². The van der Waals surface area contributed by atoms with E-state index in [1.165, 1.54) is 0 Å². The van der Waals surface area contributed by atoms with Gasteiger partial charge < -0.3 is 19.9 Å². The summed E-state index contributed by atoms with van der Waals surface area (Å²) in [6.45, 7) is 5.87. The number of nitrogens with one attached hydrogen (secondary N) is 2. The van der Waals surface area contributed by atoms with E-state index in [9.17, 15) is 9.59 Å². The molecule has 1 aromatic carbocycles. The van der Waals surface area contributed by atoms with Crippen molar-refractivity contribution in [1.29, 1.82) is 0 Å². The monoisotopic (exact) mass is 393 g/mol. The number of aromatic nitrogens is 2. The molecule has 0 bridgehead atoms. The van der Waals surface area contributed by atoms with Crippen molar-refractivity contribution in [2.24, 2.45) is 0 Å². The van der Waals surface area contributed by atoms with Crippen molar-refractivity contribution < 1.29 is 9.59 Å².